The van der Waals surface area contributed by atoms with E-state index in [-0.39, 0.29) is 18.2 Å². The third-order valence-electron chi connectivity index (χ3n) is 6.49. The molecular weight excluding hydrogens is 492 g/mol. The van der Waals surface area contributed by atoms with Crippen molar-refractivity contribution in [3.05, 3.63) is 71.8 Å². The average Bonchev–Trinajstić information content (AvgIpc) is 2.91. The van der Waals surface area contributed by atoms with Crippen LogP contribution in [-0.4, -0.2) is 48.4 Å². The van der Waals surface area contributed by atoms with E-state index in [1.165, 1.54) is 0 Å². The van der Waals surface area contributed by atoms with Gasteiger partial charge < -0.3 is 19.7 Å². The van der Waals surface area contributed by atoms with Gasteiger partial charge in [-0.25, -0.2) is 9.59 Å². The van der Waals surface area contributed by atoms with Crippen LogP contribution in [0.1, 0.15) is 51.7 Å². The van der Waals surface area contributed by atoms with E-state index < -0.39 is 5.60 Å². The van der Waals surface area contributed by atoms with E-state index in [9.17, 15) is 14.9 Å². The summed E-state index contributed by atoms with van der Waals surface area (Å²) in [6.07, 6.45) is 1.17. The summed E-state index contributed by atoms with van der Waals surface area (Å²) in [6, 6.07) is 21.1. The van der Waals surface area contributed by atoms with E-state index in [2.05, 4.69) is 11.4 Å². The lowest BCUT2D eigenvalue weighted by atomic mass is 10.0. The number of urea groups is 1. The number of nitrogens with one attached hydrogen (secondary N) is 1. The van der Waals surface area contributed by atoms with Crippen molar-refractivity contribution in [2.24, 2.45) is 0 Å². The molecular formula is C31H36N4O4. The molecule has 1 N–H and O–H groups in total. The number of anilines is 1. The molecule has 0 aromatic heterocycles. The van der Waals surface area contributed by atoms with Gasteiger partial charge in [-0.1, -0.05) is 18.2 Å². The Morgan fingerprint density at radius 1 is 1.03 bits per heavy atom. The first-order chi connectivity index (χ1) is 18.6. The molecule has 0 radical (unpaired) electrons. The van der Waals surface area contributed by atoms with Crippen molar-refractivity contribution < 1.29 is 19.1 Å². The Hall–Kier alpha value is -4.25. The second-order valence-corrected chi connectivity index (χ2v) is 10.7. The summed E-state index contributed by atoms with van der Waals surface area (Å²) < 4.78 is 11.7. The van der Waals surface area contributed by atoms with E-state index in [4.69, 9.17) is 9.47 Å². The number of nitrogens with zero attached hydrogens (tertiary/aromatic N) is 3. The van der Waals surface area contributed by atoms with Crippen LogP contribution in [0, 0.1) is 11.3 Å². The minimum absolute atomic E-state index is 0.00457. The fourth-order valence-corrected chi connectivity index (χ4v) is 4.55. The van der Waals surface area contributed by atoms with Crippen molar-refractivity contribution in [3.63, 3.8) is 0 Å². The topological polar surface area (TPSA) is 94.9 Å². The molecule has 1 aliphatic heterocycles. The van der Waals surface area contributed by atoms with Crippen LogP contribution in [0.3, 0.4) is 0 Å². The highest BCUT2D eigenvalue weighted by Gasteiger charge is 2.27. The normalized spacial score (nSPS) is 14.0. The van der Waals surface area contributed by atoms with E-state index in [0.717, 1.165) is 40.6 Å². The molecule has 0 bridgehead atoms. The molecule has 1 fully saturated rings. The molecule has 8 heteroatoms. The highest BCUT2D eigenvalue weighted by atomic mass is 16.6. The number of fused-ring (bicyclic) bond motifs is 1. The smallest absolute Gasteiger partial charge is 0.410 e. The Morgan fingerprint density at radius 3 is 2.36 bits per heavy atom. The van der Waals surface area contributed by atoms with E-state index in [1.54, 1.807) is 15.9 Å². The molecule has 0 aliphatic carbocycles. The van der Waals surface area contributed by atoms with Gasteiger partial charge in [-0.15, -0.1) is 0 Å². The molecule has 1 saturated heterocycles. The first-order valence-electron chi connectivity index (χ1n) is 13.4. The summed E-state index contributed by atoms with van der Waals surface area (Å²) >= 11 is 0. The quantitative estimate of drug-likeness (QED) is 0.409. The molecule has 204 valence electrons. The summed E-state index contributed by atoms with van der Waals surface area (Å²) in [6.45, 7) is 9.55. The highest BCUT2D eigenvalue weighted by molar-refractivity contribution is 5.92. The van der Waals surface area contributed by atoms with Gasteiger partial charge >= 0.3 is 12.1 Å². The maximum atomic E-state index is 13.0. The fraction of sp³-hybridized carbons (Fsp3) is 0.387. The number of hydrogen-bond acceptors (Lipinski definition) is 5. The van der Waals surface area contributed by atoms with Gasteiger partial charge in [0, 0.05) is 38.2 Å². The first-order valence-corrected chi connectivity index (χ1v) is 13.4. The zero-order valence-electron chi connectivity index (χ0n) is 23.1. The third kappa shape index (κ3) is 7.41. The lowest BCUT2D eigenvalue weighted by molar-refractivity contribution is 0.0126. The summed E-state index contributed by atoms with van der Waals surface area (Å²) in [5.41, 5.74) is 1.80. The molecule has 39 heavy (non-hydrogen) atoms. The van der Waals surface area contributed by atoms with Crippen molar-refractivity contribution in [1.82, 2.24) is 10.2 Å². The van der Waals surface area contributed by atoms with Crippen LogP contribution in [0.15, 0.2) is 60.7 Å². The number of carbonyl (C=O) groups excluding carboxylic acids is 2. The summed E-state index contributed by atoms with van der Waals surface area (Å²) in [5.74, 6) is 0.722. The molecule has 3 aromatic carbocycles. The molecule has 0 unspecified atom stereocenters. The van der Waals surface area contributed by atoms with Gasteiger partial charge in [0.1, 0.15) is 17.5 Å². The van der Waals surface area contributed by atoms with Crippen LogP contribution in [0.4, 0.5) is 15.3 Å². The number of benzene rings is 3. The van der Waals surface area contributed by atoms with Crippen molar-refractivity contribution in [2.45, 2.75) is 58.8 Å². The van der Waals surface area contributed by atoms with E-state index in [0.29, 0.717) is 31.7 Å². The maximum absolute atomic E-state index is 13.0. The Kier molecular flexibility index (Phi) is 8.60. The van der Waals surface area contributed by atoms with Gasteiger partial charge in [0.15, 0.2) is 0 Å². The van der Waals surface area contributed by atoms with Crippen LogP contribution >= 0.6 is 0 Å². The van der Waals surface area contributed by atoms with Gasteiger partial charge in [-0.05, 0) is 86.5 Å². The Labute approximate surface area is 230 Å². The third-order valence-corrected chi connectivity index (χ3v) is 6.49. The number of rotatable bonds is 6. The molecule has 4 rings (SSSR count). The van der Waals surface area contributed by atoms with Gasteiger partial charge in [0.05, 0.1) is 18.2 Å². The number of carbonyl (C=O) groups is 2. The largest absolute Gasteiger partial charge is 0.490 e. The van der Waals surface area contributed by atoms with Crippen molar-refractivity contribution in [3.8, 4) is 11.8 Å². The lowest BCUT2D eigenvalue weighted by Crippen LogP contribution is -2.44. The van der Waals surface area contributed by atoms with Gasteiger partial charge in [0.25, 0.3) is 0 Å². The van der Waals surface area contributed by atoms with Crippen LogP contribution in [0.2, 0.25) is 0 Å². The number of nitriles is 1. The summed E-state index contributed by atoms with van der Waals surface area (Å²) in [7, 11) is 0. The summed E-state index contributed by atoms with van der Waals surface area (Å²) in [5, 5.41) is 14.1. The molecule has 3 amide bonds. The second-order valence-electron chi connectivity index (χ2n) is 10.7. The van der Waals surface area contributed by atoms with E-state index >= 15 is 0 Å². The molecule has 0 spiro atoms. The summed E-state index contributed by atoms with van der Waals surface area (Å²) in [4.78, 5) is 28.7. The number of amides is 3. The van der Waals surface area contributed by atoms with Crippen LogP contribution in [-0.2, 0) is 11.3 Å². The lowest BCUT2D eigenvalue weighted by Gasteiger charge is -2.33. The first kappa shape index (κ1) is 27.8. The molecule has 0 atom stereocenters. The van der Waals surface area contributed by atoms with Crippen LogP contribution in [0.5, 0.6) is 5.75 Å². The minimum atomic E-state index is -0.511. The average molecular weight is 529 g/mol. The Bertz CT molecular complexity index is 1350. The van der Waals surface area contributed by atoms with Crippen LogP contribution < -0.4 is 15.0 Å². The second kappa shape index (κ2) is 12.1. The molecule has 1 aliphatic rings. The Balaban J connectivity index is 1.42. The van der Waals surface area contributed by atoms with Crippen LogP contribution in [0.25, 0.3) is 10.8 Å². The van der Waals surface area contributed by atoms with Gasteiger partial charge in [-0.3, -0.25) is 4.90 Å². The zero-order chi connectivity index (χ0) is 28.0. The minimum Gasteiger partial charge on any atom is -0.490 e. The SMILES string of the molecule is CCNC(=O)N(Cc1ccc2ccc(C#N)cc2c1)c1ccc(OC2CCN(C(=O)OC(C)(C)C)CC2)cc1. The van der Waals surface area contributed by atoms with Crippen molar-refractivity contribution >= 4 is 28.6 Å². The van der Waals surface area contributed by atoms with Gasteiger partial charge in [-0.2, -0.15) is 5.26 Å². The fourth-order valence-electron chi connectivity index (χ4n) is 4.55. The molecule has 3 aromatic rings. The number of hydrogen-bond donors (Lipinski definition) is 1. The molecule has 1 heterocycles. The number of ether oxygens (including phenoxy) is 2. The molecule has 8 nitrogen and oxygen atoms in total. The monoisotopic (exact) mass is 528 g/mol. The maximum Gasteiger partial charge on any atom is 0.410 e. The standard InChI is InChI=1S/C31H36N4O4/c1-5-33-29(36)35(21-23-7-9-24-8-6-22(20-32)18-25(24)19-23)26-10-12-27(13-11-26)38-28-14-16-34(17-15-28)30(37)39-31(2,3)4/h6-13,18-19,28H,5,14-17,21H2,1-4H3,(H,33,36). The predicted molar refractivity (Wildman–Crippen MR) is 152 cm³/mol. The van der Waals surface area contributed by atoms with Crippen molar-refractivity contribution in [2.75, 3.05) is 24.5 Å². The zero-order valence-corrected chi connectivity index (χ0v) is 23.1. The Morgan fingerprint density at radius 2 is 1.72 bits per heavy atom. The van der Waals surface area contributed by atoms with E-state index in [1.807, 2.05) is 82.3 Å². The van der Waals surface area contributed by atoms with Crippen molar-refractivity contribution in [1.29, 1.82) is 5.26 Å². The highest BCUT2D eigenvalue weighted by Crippen LogP contribution is 2.26. The number of likely N-dealkylation sites (tertiary alicyclic amines) is 1. The van der Waals surface area contributed by atoms with Gasteiger partial charge in [0.2, 0.25) is 0 Å². The molecule has 0 saturated carbocycles. The number of piperidine rings is 1. The predicted octanol–water partition coefficient (Wildman–Crippen LogP) is 6.23.